The molecule has 1 aromatic heterocycles. The molecule has 5 nitrogen and oxygen atoms in total. The Kier molecular flexibility index (Phi) is 6.67. The van der Waals surface area contributed by atoms with Gasteiger partial charge in [-0.1, -0.05) is 72.8 Å². The third kappa shape index (κ3) is 4.43. The zero-order chi connectivity index (χ0) is 20.2. The third-order valence-corrected chi connectivity index (χ3v) is 5.33. The van der Waals surface area contributed by atoms with Gasteiger partial charge in [-0.05, 0) is 29.7 Å². The molecule has 154 valence electrons. The first-order chi connectivity index (χ1) is 14.1. The second kappa shape index (κ2) is 9.39. The van der Waals surface area contributed by atoms with Crippen molar-refractivity contribution < 1.29 is 15.4 Å². The van der Waals surface area contributed by atoms with E-state index < -0.39 is 12.0 Å². The summed E-state index contributed by atoms with van der Waals surface area (Å²) >= 11 is 0. The minimum absolute atomic E-state index is 0. The Morgan fingerprint density at radius 3 is 2.37 bits per heavy atom. The largest absolute Gasteiger partial charge is 0.480 e. The van der Waals surface area contributed by atoms with Crippen molar-refractivity contribution in [3.8, 4) is 0 Å². The molecule has 0 amide bonds. The van der Waals surface area contributed by atoms with Crippen LogP contribution < -0.4 is 5.32 Å². The van der Waals surface area contributed by atoms with Crippen LogP contribution in [0.1, 0.15) is 28.3 Å². The molecule has 0 radical (unpaired) electrons. The Balaban J connectivity index is 0.00000256. The first-order valence-corrected chi connectivity index (χ1v) is 9.76. The van der Waals surface area contributed by atoms with Crippen LogP contribution in [0.4, 0.5) is 0 Å². The third-order valence-electron chi connectivity index (χ3n) is 5.33. The van der Waals surface area contributed by atoms with E-state index in [1.54, 1.807) is 0 Å². The number of benzene rings is 3. The van der Waals surface area contributed by atoms with Gasteiger partial charge in [0.25, 0.3) is 0 Å². The summed E-state index contributed by atoms with van der Waals surface area (Å²) in [4.78, 5) is 12.1. The predicted octanol–water partition coefficient (Wildman–Crippen LogP) is 4.09. The molecule has 0 bridgehead atoms. The number of nitrogens with one attached hydrogen (secondary N) is 1. The van der Waals surface area contributed by atoms with Crippen LogP contribution in [0.5, 0.6) is 0 Å². The molecular weight excluding hydrogens is 376 g/mol. The fourth-order valence-corrected chi connectivity index (χ4v) is 3.77. The maximum atomic E-state index is 12.1. The normalized spacial score (nSPS) is 11.8. The van der Waals surface area contributed by atoms with Crippen LogP contribution >= 0.6 is 0 Å². The van der Waals surface area contributed by atoms with Crippen molar-refractivity contribution in [1.82, 2.24) is 9.88 Å². The summed E-state index contributed by atoms with van der Waals surface area (Å²) in [5.41, 5.74) is 5.26. The van der Waals surface area contributed by atoms with Crippen molar-refractivity contribution in [2.24, 2.45) is 0 Å². The molecule has 5 heteroatoms. The maximum absolute atomic E-state index is 12.1. The molecule has 0 saturated carbocycles. The van der Waals surface area contributed by atoms with Crippen LogP contribution in [-0.2, 0) is 17.9 Å². The topological polar surface area (TPSA) is 85.8 Å². The average molecular weight is 402 g/mol. The van der Waals surface area contributed by atoms with Crippen molar-refractivity contribution in [3.05, 3.63) is 107 Å². The van der Waals surface area contributed by atoms with Gasteiger partial charge in [-0.15, -0.1) is 0 Å². The van der Waals surface area contributed by atoms with Crippen LogP contribution in [0, 0.1) is 6.92 Å². The van der Waals surface area contributed by atoms with Crippen LogP contribution in [0.2, 0.25) is 0 Å². The number of para-hydroxylation sites is 1. The van der Waals surface area contributed by atoms with Crippen molar-refractivity contribution >= 4 is 16.9 Å². The van der Waals surface area contributed by atoms with Gasteiger partial charge in [0.2, 0.25) is 0 Å². The number of rotatable bonds is 7. The van der Waals surface area contributed by atoms with Crippen LogP contribution in [0.25, 0.3) is 10.9 Å². The lowest BCUT2D eigenvalue weighted by molar-refractivity contribution is -0.139. The lowest BCUT2D eigenvalue weighted by atomic mass is 10.0. The maximum Gasteiger partial charge on any atom is 0.325 e. The fourth-order valence-electron chi connectivity index (χ4n) is 3.77. The SMILES string of the molecule is Cc1ccccc1CNC(C(=O)O)c1cn(Cc2ccccc2)c2ccccc12.O. The molecule has 4 rings (SSSR count). The summed E-state index contributed by atoms with van der Waals surface area (Å²) < 4.78 is 2.13. The molecule has 0 aliphatic carbocycles. The molecule has 4 N–H and O–H groups in total. The van der Waals surface area contributed by atoms with E-state index in [2.05, 4.69) is 22.0 Å². The number of nitrogens with zero attached hydrogens (tertiary/aromatic N) is 1. The highest BCUT2D eigenvalue weighted by Crippen LogP contribution is 2.28. The number of hydrogen-bond donors (Lipinski definition) is 2. The lowest BCUT2D eigenvalue weighted by Gasteiger charge is -2.15. The van der Waals surface area contributed by atoms with E-state index in [0.29, 0.717) is 13.1 Å². The fraction of sp³-hybridized carbons (Fsp3) is 0.160. The van der Waals surface area contributed by atoms with Gasteiger partial charge < -0.3 is 15.1 Å². The number of carboxylic acids is 1. The second-order valence-electron chi connectivity index (χ2n) is 7.29. The zero-order valence-electron chi connectivity index (χ0n) is 16.9. The molecule has 1 atom stereocenters. The van der Waals surface area contributed by atoms with Gasteiger partial charge in [0, 0.05) is 35.8 Å². The molecule has 0 fully saturated rings. The Labute approximate surface area is 175 Å². The zero-order valence-corrected chi connectivity index (χ0v) is 16.9. The van der Waals surface area contributed by atoms with Crippen LogP contribution in [-0.4, -0.2) is 21.1 Å². The van der Waals surface area contributed by atoms with E-state index in [-0.39, 0.29) is 5.48 Å². The minimum atomic E-state index is -0.874. The summed E-state index contributed by atoms with van der Waals surface area (Å²) in [6.45, 7) is 3.24. The van der Waals surface area contributed by atoms with Gasteiger partial charge >= 0.3 is 5.97 Å². The minimum Gasteiger partial charge on any atom is -0.480 e. The highest BCUT2D eigenvalue weighted by atomic mass is 16.4. The van der Waals surface area contributed by atoms with Gasteiger partial charge in [-0.3, -0.25) is 10.1 Å². The average Bonchev–Trinajstić information content (AvgIpc) is 3.08. The van der Waals surface area contributed by atoms with Gasteiger partial charge in [-0.25, -0.2) is 0 Å². The molecule has 3 aromatic carbocycles. The van der Waals surface area contributed by atoms with Crippen molar-refractivity contribution in [3.63, 3.8) is 0 Å². The quantitative estimate of drug-likeness (QED) is 0.488. The monoisotopic (exact) mass is 402 g/mol. The molecule has 4 aromatic rings. The summed E-state index contributed by atoms with van der Waals surface area (Å²) in [7, 11) is 0. The number of fused-ring (bicyclic) bond motifs is 1. The number of hydrogen-bond acceptors (Lipinski definition) is 2. The van der Waals surface area contributed by atoms with E-state index in [1.165, 1.54) is 5.56 Å². The molecule has 30 heavy (non-hydrogen) atoms. The Morgan fingerprint density at radius 2 is 1.63 bits per heavy atom. The van der Waals surface area contributed by atoms with Gasteiger partial charge in [0.05, 0.1) is 0 Å². The number of aromatic nitrogens is 1. The first-order valence-electron chi connectivity index (χ1n) is 9.76. The van der Waals surface area contributed by atoms with Crippen molar-refractivity contribution in [2.75, 3.05) is 0 Å². The smallest absolute Gasteiger partial charge is 0.325 e. The van der Waals surface area contributed by atoms with Gasteiger partial charge in [0.15, 0.2) is 0 Å². The van der Waals surface area contributed by atoms with Crippen LogP contribution in [0.3, 0.4) is 0 Å². The number of aryl methyl sites for hydroxylation is 1. The lowest BCUT2D eigenvalue weighted by Crippen LogP contribution is -2.28. The Morgan fingerprint density at radius 1 is 0.967 bits per heavy atom. The summed E-state index contributed by atoms with van der Waals surface area (Å²) in [5.74, 6) is -0.874. The second-order valence-corrected chi connectivity index (χ2v) is 7.29. The molecule has 0 saturated heterocycles. The molecule has 1 heterocycles. The van der Waals surface area contributed by atoms with Gasteiger partial charge in [-0.2, -0.15) is 0 Å². The highest BCUT2D eigenvalue weighted by Gasteiger charge is 2.24. The van der Waals surface area contributed by atoms with E-state index in [4.69, 9.17) is 0 Å². The molecule has 1 unspecified atom stereocenters. The number of carbonyl (C=O) groups is 1. The van der Waals surface area contributed by atoms with E-state index >= 15 is 0 Å². The van der Waals surface area contributed by atoms with E-state index in [0.717, 1.165) is 27.6 Å². The Bertz CT molecular complexity index is 1140. The van der Waals surface area contributed by atoms with E-state index in [9.17, 15) is 9.90 Å². The standard InChI is InChI=1S/C25H24N2O2.H2O/c1-18-9-5-6-12-20(18)15-26-24(25(28)29)22-17-27(16-19-10-3-2-4-11-19)23-14-8-7-13-21(22)23;/h2-14,17,24,26H,15-16H2,1H3,(H,28,29);1H2. The molecule has 0 aliphatic heterocycles. The molecule has 0 aliphatic rings. The summed E-state index contributed by atoms with van der Waals surface area (Å²) in [6, 6.07) is 25.4. The first kappa shape index (κ1) is 21.3. The van der Waals surface area contributed by atoms with Crippen molar-refractivity contribution in [1.29, 1.82) is 0 Å². The summed E-state index contributed by atoms with van der Waals surface area (Å²) in [6.07, 6.45) is 1.97. The highest BCUT2D eigenvalue weighted by molar-refractivity contribution is 5.89. The predicted molar refractivity (Wildman–Crippen MR) is 119 cm³/mol. The molecule has 0 spiro atoms. The van der Waals surface area contributed by atoms with Gasteiger partial charge in [0.1, 0.15) is 6.04 Å². The summed E-state index contributed by atoms with van der Waals surface area (Å²) in [5, 5.41) is 14.2. The molecular formula is C25H26N2O3. The van der Waals surface area contributed by atoms with E-state index in [1.807, 2.05) is 79.9 Å². The number of carboxylic acid groups (broad SMARTS) is 1. The van der Waals surface area contributed by atoms with Crippen molar-refractivity contribution in [2.45, 2.75) is 26.1 Å². The number of aliphatic carboxylic acids is 1. The van der Waals surface area contributed by atoms with Crippen LogP contribution in [0.15, 0.2) is 85.1 Å². The Hall–Kier alpha value is -3.41.